The highest BCUT2D eigenvalue weighted by atomic mass is 31.1. The van der Waals surface area contributed by atoms with Gasteiger partial charge in [-0.1, -0.05) is 0 Å². The highest BCUT2D eigenvalue weighted by molar-refractivity contribution is 7.34. The van der Waals surface area contributed by atoms with Gasteiger partial charge in [-0.15, -0.1) is 5.10 Å². The molecule has 0 radical (unpaired) electrons. The van der Waals surface area contributed by atoms with E-state index < -0.39 is 5.97 Å². The molecule has 1 N–H and O–H groups in total. The quantitative estimate of drug-likeness (QED) is 0.342. The Morgan fingerprint density at radius 3 is 2.50 bits per heavy atom. The van der Waals surface area contributed by atoms with Crippen LogP contribution in [0.25, 0.3) is 11.3 Å². The van der Waals surface area contributed by atoms with Gasteiger partial charge < -0.3 is 23.7 Å². The van der Waals surface area contributed by atoms with Crippen molar-refractivity contribution in [1.82, 2.24) is 10.2 Å². The number of carbonyl (C=O) groups excluding carboxylic acids is 1. The van der Waals surface area contributed by atoms with Gasteiger partial charge in [0.1, 0.15) is 23.4 Å². The Bertz CT molecular complexity index is 1050. The van der Waals surface area contributed by atoms with Crippen LogP contribution in [0, 0.1) is 0 Å². The van der Waals surface area contributed by atoms with E-state index in [0.29, 0.717) is 34.9 Å². The van der Waals surface area contributed by atoms with Crippen LogP contribution in [0.4, 0.5) is 0 Å². The van der Waals surface area contributed by atoms with Gasteiger partial charge in [0.25, 0.3) is 0 Å². The third-order valence-corrected chi connectivity index (χ3v) is 4.74. The van der Waals surface area contributed by atoms with E-state index in [1.807, 2.05) is 19.1 Å². The van der Waals surface area contributed by atoms with Gasteiger partial charge in [0.2, 0.25) is 5.88 Å². The molecule has 0 aliphatic rings. The minimum absolute atomic E-state index is 0.0517. The first-order chi connectivity index (χ1) is 15.5. The lowest BCUT2D eigenvalue weighted by atomic mass is 10.1. The van der Waals surface area contributed by atoms with Crippen LogP contribution in [0.3, 0.4) is 0 Å². The van der Waals surface area contributed by atoms with Crippen LogP contribution < -0.4 is 19.5 Å². The zero-order valence-electron chi connectivity index (χ0n) is 17.9. The van der Waals surface area contributed by atoms with Gasteiger partial charge in [0.05, 0.1) is 19.4 Å². The Balaban J connectivity index is 1.86. The third-order valence-electron chi connectivity index (χ3n) is 4.23. The molecule has 1 atom stereocenters. The van der Waals surface area contributed by atoms with E-state index in [9.17, 15) is 9.36 Å². The molecule has 0 aliphatic carbocycles. The predicted molar refractivity (Wildman–Crippen MR) is 117 cm³/mol. The lowest BCUT2D eigenvalue weighted by Crippen LogP contribution is -2.17. The molecule has 0 saturated carbocycles. The number of aromatic amines is 1. The van der Waals surface area contributed by atoms with Crippen LogP contribution in [-0.4, -0.2) is 49.7 Å². The molecular weight excluding hydrogens is 435 g/mol. The number of esters is 1. The van der Waals surface area contributed by atoms with Crippen molar-refractivity contribution < 1.29 is 33.0 Å². The highest BCUT2D eigenvalue weighted by Crippen LogP contribution is 2.33. The summed E-state index contributed by atoms with van der Waals surface area (Å²) in [6.07, 6.45) is -0.181. The fourth-order valence-corrected chi connectivity index (χ4v) is 3.05. The molecule has 0 saturated heterocycles. The van der Waals surface area contributed by atoms with Crippen LogP contribution in [-0.2, 0) is 18.8 Å². The Labute approximate surface area is 186 Å². The lowest BCUT2D eigenvalue weighted by molar-refractivity contribution is -0.143. The summed E-state index contributed by atoms with van der Waals surface area (Å²) in [5.74, 6) is 1.43. The molecule has 0 aliphatic heterocycles. The molecule has 0 bridgehead atoms. The maximum atomic E-state index is 11.3. The van der Waals surface area contributed by atoms with Crippen LogP contribution in [0.15, 0.2) is 48.5 Å². The number of ether oxygens (including phenoxy) is 5. The Morgan fingerprint density at radius 2 is 1.81 bits per heavy atom. The summed E-state index contributed by atoms with van der Waals surface area (Å²) in [7, 11) is 2.84. The molecule has 0 amide bonds. The molecule has 9 nitrogen and oxygen atoms in total. The predicted octanol–water partition coefficient (Wildman–Crippen LogP) is 3.75. The van der Waals surface area contributed by atoms with Gasteiger partial charge in [-0.2, -0.15) is 0 Å². The minimum atomic E-state index is -0.504. The molecule has 1 heterocycles. The molecule has 10 heteroatoms. The number of hydrogen-bond donors (Lipinski definition) is 1. The summed E-state index contributed by atoms with van der Waals surface area (Å²) in [5, 5.41) is 7.59. The van der Waals surface area contributed by atoms with Gasteiger partial charge in [0, 0.05) is 30.1 Å². The molecule has 32 heavy (non-hydrogen) atoms. The van der Waals surface area contributed by atoms with Crippen LogP contribution in [0.2, 0.25) is 0 Å². The first-order valence-electron chi connectivity index (χ1n) is 9.68. The molecule has 1 unspecified atom stereocenters. The Kier molecular flexibility index (Phi) is 8.19. The zero-order valence-corrected chi connectivity index (χ0v) is 18.8. The fourth-order valence-electron chi connectivity index (χ4n) is 2.78. The molecule has 3 aromatic rings. The molecule has 2 aromatic carbocycles. The summed E-state index contributed by atoms with van der Waals surface area (Å²) < 4.78 is 37.9. The number of hydrogen-bond acceptors (Lipinski definition) is 8. The van der Waals surface area contributed by atoms with Crippen molar-refractivity contribution in [3.63, 3.8) is 0 Å². The summed E-state index contributed by atoms with van der Waals surface area (Å²) in [6.45, 7) is 2.07. The number of nitrogens with one attached hydrogen (secondary N) is 1. The maximum Gasteiger partial charge on any atom is 0.343 e. The van der Waals surface area contributed by atoms with E-state index in [0.717, 1.165) is 5.56 Å². The molecule has 3 rings (SSSR count). The topological polar surface area (TPSA) is 109 Å². The van der Waals surface area contributed by atoms with Crippen molar-refractivity contribution >= 4 is 19.7 Å². The van der Waals surface area contributed by atoms with Gasteiger partial charge in [-0.25, -0.2) is 4.79 Å². The second-order valence-corrected chi connectivity index (χ2v) is 7.45. The number of rotatable bonds is 11. The largest absolute Gasteiger partial charge is 0.488 e. The fraction of sp³-hybridized carbons (Fsp3) is 0.273. The SMILES string of the molecule is COCC(C)Oc1cc(Oc2ccc(P=O)cc2)cc(-c2cc(OCC(=O)OC)n[nH]2)c1. The lowest BCUT2D eigenvalue weighted by Gasteiger charge is -2.16. The highest BCUT2D eigenvalue weighted by Gasteiger charge is 2.13. The summed E-state index contributed by atoms with van der Waals surface area (Å²) in [6, 6.07) is 14.0. The Morgan fingerprint density at radius 1 is 1.06 bits per heavy atom. The van der Waals surface area contributed by atoms with Crippen molar-refractivity contribution in [3.8, 4) is 34.4 Å². The summed E-state index contributed by atoms with van der Waals surface area (Å²) >= 11 is 0. The third kappa shape index (κ3) is 6.54. The minimum Gasteiger partial charge on any atom is -0.488 e. The first kappa shape index (κ1) is 23.2. The molecular formula is C22H23N2O7P. The first-order valence-corrected chi connectivity index (χ1v) is 10.5. The van der Waals surface area contributed by atoms with Crippen LogP contribution in [0.1, 0.15) is 6.92 Å². The van der Waals surface area contributed by atoms with Gasteiger partial charge in [-0.3, -0.25) is 9.66 Å². The van der Waals surface area contributed by atoms with Crippen molar-refractivity contribution in [2.45, 2.75) is 13.0 Å². The Hall–Kier alpha value is -3.42. The summed E-state index contributed by atoms with van der Waals surface area (Å²) in [5.41, 5.74) is 1.37. The number of benzene rings is 2. The maximum absolute atomic E-state index is 11.3. The standard InChI is InChI=1S/C22H23N2O7P/c1-14(12-27-2)30-17-8-15(20-11-21(24-23-20)29-13-22(25)28-3)9-18(10-17)31-16-4-6-19(32-26)7-5-16/h4-11,14H,12-13H2,1-3H3,(H,23,24). The van der Waals surface area contributed by atoms with E-state index in [4.69, 9.17) is 18.9 Å². The average Bonchev–Trinajstić information content (AvgIpc) is 3.27. The average molecular weight is 458 g/mol. The molecule has 168 valence electrons. The van der Waals surface area contributed by atoms with Gasteiger partial charge in [-0.05, 0) is 43.3 Å². The summed E-state index contributed by atoms with van der Waals surface area (Å²) in [4.78, 5) is 11.3. The van der Waals surface area contributed by atoms with E-state index >= 15 is 0 Å². The van der Waals surface area contributed by atoms with Crippen molar-refractivity contribution in [1.29, 1.82) is 0 Å². The monoisotopic (exact) mass is 458 g/mol. The number of nitrogens with zero attached hydrogens (tertiary/aromatic N) is 1. The van der Waals surface area contributed by atoms with Crippen LogP contribution in [0.5, 0.6) is 23.1 Å². The van der Waals surface area contributed by atoms with E-state index in [1.165, 1.54) is 7.11 Å². The van der Waals surface area contributed by atoms with Gasteiger partial charge >= 0.3 is 5.97 Å². The second kappa shape index (κ2) is 11.3. The van der Waals surface area contributed by atoms with Crippen molar-refractivity contribution in [3.05, 3.63) is 48.5 Å². The number of H-pyrrole nitrogens is 1. The van der Waals surface area contributed by atoms with E-state index in [-0.39, 0.29) is 27.1 Å². The van der Waals surface area contributed by atoms with Crippen LogP contribution >= 0.6 is 8.46 Å². The zero-order chi connectivity index (χ0) is 22.9. The molecule has 0 fully saturated rings. The van der Waals surface area contributed by atoms with E-state index in [1.54, 1.807) is 43.5 Å². The number of aromatic nitrogens is 2. The number of methoxy groups -OCH3 is 2. The van der Waals surface area contributed by atoms with Crippen molar-refractivity contribution in [2.24, 2.45) is 0 Å². The van der Waals surface area contributed by atoms with Crippen molar-refractivity contribution in [2.75, 3.05) is 27.4 Å². The molecule has 1 aromatic heterocycles. The van der Waals surface area contributed by atoms with Gasteiger partial charge in [0.15, 0.2) is 15.1 Å². The van der Waals surface area contributed by atoms with E-state index in [2.05, 4.69) is 14.9 Å². The second-order valence-electron chi connectivity index (χ2n) is 6.75. The normalized spacial score (nSPS) is 11.7. The number of carbonyl (C=O) groups is 1. The molecule has 0 spiro atoms. The smallest absolute Gasteiger partial charge is 0.343 e.